The lowest BCUT2D eigenvalue weighted by molar-refractivity contribution is 0.461. The third-order valence-corrected chi connectivity index (χ3v) is 5.07. The third-order valence-electron chi connectivity index (χ3n) is 3.37. The van der Waals surface area contributed by atoms with E-state index in [-0.39, 0.29) is 0 Å². The minimum absolute atomic E-state index is 0.610. The predicted molar refractivity (Wildman–Crippen MR) is 60.4 cm³/mol. The lowest BCUT2D eigenvalue weighted by Crippen LogP contribution is -2.08. The molecule has 0 aromatic carbocycles. The second-order valence-corrected chi connectivity index (χ2v) is 5.89. The van der Waals surface area contributed by atoms with Gasteiger partial charge in [-0.1, -0.05) is 24.4 Å². The summed E-state index contributed by atoms with van der Waals surface area (Å²) >= 11 is 2.08. The Bertz CT molecular complexity index is 224. The number of rotatable bonds is 2. The Hall–Kier alpha value is -0.340. The van der Waals surface area contributed by atoms with E-state index < -0.39 is 0 Å². The van der Waals surface area contributed by atoms with Gasteiger partial charge in [0.25, 0.3) is 0 Å². The Morgan fingerprint density at radius 3 is 3.00 bits per heavy atom. The molecule has 2 aliphatic rings. The molecule has 1 saturated carbocycles. The fourth-order valence-electron chi connectivity index (χ4n) is 2.68. The van der Waals surface area contributed by atoms with Crippen LogP contribution in [-0.2, 0) is 0 Å². The smallest absolute Gasteiger partial charge is 0.0377 e. The molecule has 1 aliphatic heterocycles. The summed E-state index contributed by atoms with van der Waals surface area (Å²) in [4.78, 5) is 2.85. The Balaban J connectivity index is 1.88. The molecule has 2 rings (SSSR count). The number of hydrogen-bond acceptors (Lipinski definition) is 2. The first-order chi connectivity index (χ1) is 6.90. The van der Waals surface area contributed by atoms with Gasteiger partial charge in [-0.3, -0.25) is 0 Å². The Labute approximate surface area is 89.3 Å². The maximum Gasteiger partial charge on any atom is 0.0377 e. The molecular formula is C10H17N3S. The van der Waals surface area contributed by atoms with Gasteiger partial charge in [0.2, 0.25) is 0 Å². The van der Waals surface area contributed by atoms with Crippen LogP contribution in [0.4, 0.5) is 0 Å². The van der Waals surface area contributed by atoms with Crippen molar-refractivity contribution in [3.05, 3.63) is 10.4 Å². The zero-order valence-corrected chi connectivity index (χ0v) is 9.25. The average Bonchev–Trinajstić information content (AvgIpc) is 2.46. The molecule has 0 N–H and O–H groups in total. The minimum Gasteiger partial charge on any atom is -0.155 e. The zero-order valence-electron chi connectivity index (χ0n) is 8.43. The molecule has 0 spiro atoms. The summed E-state index contributed by atoms with van der Waals surface area (Å²) in [5.41, 5.74) is 8.28. The lowest BCUT2D eigenvalue weighted by Gasteiger charge is -2.13. The van der Waals surface area contributed by atoms with Crippen LogP contribution in [0, 0.1) is 5.92 Å². The highest BCUT2D eigenvalue weighted by Crippen LogP contribution is 2.45. The maximum absolute atomic E-state index is 8.28. The SMILES string of the molecule is [N-]=[N+]=NCC1C[C@@H]2CCCCC[C@H]2S1. The zero-order chi connectivity index (χ0) is 9.80. The van der Waals surface area contributed by atoms with Crippen LogP contribution in [0.15, 0.2) is 5.11 Å². The van der Waals surface area contributed by atoms with Gasteiger partial charge >= 0.3 is 0 Å². The average molecular weight is 211 g/mol. The van der Waals surface area contributed by atoms with E-state index >= 15 is 0 Å². The summed E-state index contributed by atoms with van der Waals surface area (Å²) in [7, 11) is 0. The Kier molecular flexibility index (Phi) is 3.60. The summed E-state index contributed by atoms with van der Waals surface area (Å²) in [5.74, 6) is 0.918. The van der Waals surface area contributed by atoms with Crippen molar-refractivity contribution in [2.45, 2.75) is 49.0 Å². The molecule has 78 valence electrons. The molecule has 1 saturated heterocycles. The molecule has 0 bridgehead atoms. The fraction of sp³-hybridized carbons (Fsp3) is 1.00. The van der Waals surface area contributed by atoms with E-state index in [2.05, 4.69) is 21.8 Å². The summed E-state index contributed by atoms with van der Waals surface area (Å²) in [6.07, 6.45) is 8.33. The van der Waals surface area contributed by atoms with E-state index in [9.17, 15) is 0 Å². The first-order valence-corrected chi connectivity index (χ1v) is 6.51. The first kappa shape index (κ1) is 10.2. The van der Waals surface area contributed by atoms with E-state index in [4.69, 9.17) is 5.53 Å². The van der Waals surface area contributed by atoms with Gasteiger partial charge in [-0.05, 0) is 30.7 Å². The van der Waals surface area contributed by atoms with Gasteiger partial charge in [0.1, 0.15) is 0 Å². The molecule has 1 heterocycles. The van der Waals surface area contributed by atoms with Gasteiger partial charge in [0.15, 0.2) is 0 Å². The van der Waals surface area contributed by atoms with Gasteiger partial charge in [0.05, 0.1) is 0 Å². The summed E-state index contributed by atoms with van der Waals surface area (Å²) in [5, 5.41) is 5.18. The van der Waals surface area contributed by atoms with Gasteiger partial charge in [-0.15, -0.1) is 0 Å². The highest BCUT2D eigenvalue weighted by atomic mass is 32.2. The third kappa shape index (κ3) is 2.37. The first-order valence-electron chi connectivity index (χ1n) is 5.56. The van der Waals surface area contributed by atoms with Crippen molar-refractivity contribution in [3.8, 4) is 0 Å². The number of azide groups is 1. The quantitative estimate of drug-likeness (QED) is 0.390. The van der Waals surface area contributed by atoms with Crippen LogP contribution >= 0.6 is 11.8 Å². The molecule has 3 atom stereocenters. The van der Waals surface area contributed by atoms with Crippen molar-refractivity contribution < 1.29 is 0 Å². The van der Waals surface area contributed by atoms with E-state index in [1.807, 2.05) is 0 Å². The standard InChI is InChI=1S/C10H17N3S/c11-13-12-7-9-6-8-4-2-1-3-5-10(8)14-9/h8-10H,1-7H2/t8-,9?,10+/m0/s1. The van der Waals surface area contributed by atoms with Crippen LogP contribution in [-0.4, -0.2) is 17.0 Å². The van der Waals surface area contributed by atoms with Crippen LogP contribution in [0.5, 0.6) is 0 Å². The van der Waals surface area contributed by atoms with Gasteiger partial charge in [-0.25, -0.2) is 0 Å². The molecule has 0 amide bonds. The van der Waals surface area contributed by atoms with Gasteiger partial charge in [0, 0.05) is 22.0 Å². The number of fused-ring (bicyclic) bond motifs is 1. The van der Waals surface area contributed by atoms with Crippen LogP contribution in [0.1, 0.15) is 38.5 Å². The van der Waals surface area contributed by atoms with E-state index in [1.165, 1.54) is 38.5 Å². The lowest BCUT2D eigenvalue weighted by atomic mass is 9.95. The molecule has 0 aromatic heterocycles. The fourth-order valence-corrected chi connectivity index (χ4v) is 4.46. The minimum atomic E-state index is 0.610. The predicted octanol–water partition coefficient (Wildman–Crippen LogP) is 3.75. The van der Waals surface area contributed by atoms with Crippen LogP contribution in [0.3, 0.4) is 0 Å². The highest BCUT2D eigenvalue weighted by molar-refractivity contribution is 8.00. The van der Waals surface area contributed by atoms with E-state index in [0.29, 0.717) is 11.8 Å². The number of nitrogens with zero attached hydrogens (tertiary/aromatic N) is 3. The van der Waals surface area contributed by atoms with E-state index in [0.717, 1.165) is 11.2 Å². The van der Waals surface area contributed by atoms with Gasteiger partial charge in [-0.2, -0.15) is 11.8 Å². The maximum atomic E-state index is 8.28. The summed E-state index contributed by atoms with van der Waals surface area (Å²) in [6, 6.07) is 0. The van der Waals surface area contributed by atoms with Crippen molar-refractivity contribution in [2.24, 2.45) is 11.0 Å². The van der Waals surface area contributed by atoms with E-state index in [1.54, 1.807) is 0 Å². The van der Waals surface area contributed by atoms with Crippen molar-refractivity contribution >= 4 is 11.8 Å². The van der Waals surface area contributed by atoms with Crippen molar-refractivity contribution in [3.63, 3.8) is 0 Å². The molecule has 1 unspecified atom stereocenters. The Morgan fingerprint density at radius 1 is 1.29 bits per heavy atom. The molecular weight excluding hydrogens is 194 g/mol. The van der Waals surface area contributed by atoms with Crippen molar-refractivity contribution in [1.82, 2.24) is 0 Å². The molecule has 4 heteroatoms. The van der Waals surface area contributed by atoms with Crippen molar-refractivity contribution in [1.29, 1.82) is 0 Å². The Morgan fingerprint density at radius 2 is 2.14 bits per heavy atom. The molecule has 2 fully saturated rings. The second-order valence-electron chi connectivity index (χ2n) is 4.34. The highest BCUT2D eigenvalue weighted by Gasteiger charge is 2.34. The normalized spacial score (nSPS) is 37.0. The monoisotopic (exact) mass is 211 g/mol. The number of thioether (sulfide) groups is 1. The summed E-state index contributed by atoms with van der Waals surface area (Å²) < 4.78 is 0. The van der Waals surface area contributed by atoms with Crippen LogP contribution in [0.25, 0.3) is 10.4 Å². The van der Waals surface area contributed by atoms with Gasteiger partial charge < -0.3 is 0 Å². The van der Waals surface area contributed by atoms with Crippen molar-refractivity contribution in [2.75, 3.05) is 6.54 Å². The largest absolute Gasteiger partial charge is 0.155 e. The van der Waals surface area contributed by atoms with Crippen LogP contribution < -0.4 is 0 Å². The molecule has 0 radical (unpaired) electrons. The number of hydrogen-bond donors (Lipinski definition) is 0. The molecule has 3 nitrogen and oxygen atoms in total. The topological polar surface area (TPSA) is 48.8 Å². The molecule has 14 heavy (non-hydrogen) atoms. The second kappa shape index (κ2) is 4.94. The molecule has 0 aromatic rings. The summed E-state index contributed by atoms with van der Waals surface area (Å²) in [6.45, 7) is 0.703. The van der Waals surface area contributed by atoms with Crippen LogP contribution in [0.2, 0.25) is 0 Å². The molecule has 1 aliphatic carbocycles.